The number of carbonyl (C=O) groups excluding carboxylic acids is 2. The number of hydrogen-bond acceptors (Lipinski definition) is 5. The van der Waals surface area contributed by atoms with E-state index in [0.717, 1.165) is 17.1 Å². The van der Waals surface area contributed by atoms with E-state index in [1.54, 1.807) is 37.9 Å². The van der Waals surface area contributed by atoms with E-state index >= 15 is 0 Å². The predicted octanol–water partition coefficient (Wildman–Crippen LogP) is 2.62. The normalized spacial score (nSPS) is 17.1. The molecule has 2 rings (SSSR count). The van der Waals surface area contributed by atoms with Crippen molar-refractivity contribution in [2.45, 2.75) is 19.9 Å². The van der Waals surface area contributed by atoms with Gasteiger partial charge < -0.3 is 20.1 Å². The lowest BCUT2D eigenvalue weighted by Crippen LogP contribution is -2.45. The van der Waals surface area contributed by atoms with Crippen molar-refractivity contribution in [1.82, 2.24) is 10.6 Å². The van der Waals surface area contributed by atoms with Gasteiger partial charge in [-0.25, -0.2) is 9.59 Å². The number of benzene rings is 1. The second kappa shape index (κ2) is 8.63. The number of hydrogen-bond donors (Lipinski definition) is 2. The highest BCUT2D eigenvalue weighted by molar-refractivity contribution is 7.99. The smallest absolute Gasteiger partial charge is 0.338 e. The Bertz CT molecular complexity index is 628. The van der Waals surface area contributed by atoms with E-state index in [2.05, 4.69) is 17.6 Å². The summed E-state index contributed by atoms with van der Waals surface area (Å²) in [5.74, 6) is 2.02. The molecule has 0 aromatic heterocycles. The minimum atomic E-state index is -0.545. The van der Waals surface area contributed by atoms with E-state index in [1.807, 2.05) is 12.1 Å². The second-order valence-electron chi connectivity index (χ2n) is 5.18. The first-order chi connectivity index (χ1) is 11.6. The van der Waals surface area contributed by atoms with Crippen molar-refractivity contribution >= 4 is 23.8 Å². The number of carbonyl (C=O) groups is 2. The molecule has 130 valence electrons. The molecule has 0 aliphatic carbocycles. The van der Waals surface area contributed by atoms with Gasteiger partial charge in [0, 0.05) is 11.4 Å². The second-order valence-corrected chi connectivity index (χ2v) is 6.57. The zero-order valence-corrected chi connectivity index (χ0v) is 14.9. The Balaban J connectivity index is 2.21. The third-order valence-corrected chi connectivity index (χ3v) is 4.47. The third-order valence-electron chi connectivity index (χ3n) is 3.60. The molecule has 6 nitrogen and oxygen atoms in total. The molecule has 1 aromatic carbocycles. The monoisotopic (exact) mass is 350 g/mol. The maximum absolute atomic E-state index is 12.5. The van der Waals surface area contributed by atoms with E-state index in [9.17, 15) is 9.59 Å². The fraction of sp³-hybridized carbons (Fsp3) is 0.412. The number of ether oxygens (including phenoxy) is 2. The van der Waals surface area contributed by atoms with Crippen LogP contribution < -0.4 is 15.4 Å². The maximum atomic E-state index is 12.5. The van der Waals surface area contributed by atoms with E-state index in [1.165, 1.54) is 0 Å². The molecule has 2 N–H and O–H groups in total. The van der Waals surface area contributed by atoms with Gasteiger partial charge >= 0.3 is 12.0 Å². The van der Waals surface area contributed by atoms with Crippen LogP contribution in [-0.2, 0) is 9.53 Å². The average Bonchev–Trinajstić information content (AvgIpc) is 2.58. The number of methoxy groups -OCH3 is 1. The van der Waals surface area contributed by atoms with Gasteiger partial charge in [-0.2, -0.15) is 11.8 Å². The van der Waals surface area contributed by atoms with Crippen LogP contribution in [0.2, 0.25) is 0 Å². The molecule has 7 heteroatoms. The van der Waals surface area contributed by atoms with Gasteiger partial charge in [0.15, 0.2) is 0 Å². The van der Waals surface area contributed by atoms with Gasteiger partial charge in [0.1, 0.15) is 12.4 Å². The summed E-state index contributed by atoms with van der Waals surface area (Å²) in [7, 11) is 1.59. The lowest BCUT2D eigenvalue weighted by molar-refractivity contribution is -0.138. The van der Waals surface area contributed by atoms with Crippen LogP contribution in [0.3, 0.4) is 0 Å². The molecule has 0 fully saturated rings. The van der Waals surface area contributed by atoms with Crippen molar-refractivity contribution in [2.75, 3.05) is 25.2 Å². The van der Waals surface area contributed by atoms with Gasteiger partial charge in [-0.05, 0) is 30.4 Å². The Kier molecular flexibility index (Phi) is 6.54. The number of thioether (sulfide) groups is 1. The van der Waals surface area contributed by atoms with Crippen molar-refractivity contribution in [2.24, 2.45) is 0 Å². The standard InChI is InChI=1S/C17H22N2O4S/c1-4-24-10-9-23-16(20)14-11(2)18-17(21)19-15(14)12-5-7-13(22-3)8-6-12/h5-8,15H,4,9-10H2,1-3H3,(H2,18,19,21). The van der Waals surface area contributed by atoms with Crippen LogP contribution >= 0.6 is 11.8 Å². The van der Waals surface area contributed by atoms with Gasteiger partial charge in [-0.15, -0.1) is 0 Å². The molecule has 0 bridgehead atoms. The molecule has 1 aliphatic rings. The van der Waals surface area contributed by atoms with Gasteiger partial charge in [0.2, 0.25) is 0 Å². The first kappa shape index (κ1) is 18.2. The van der Waals surface area contributed by atoms with Crippen LogP contribution in [0.5, 0.6) is 5.75 Å². The SMILES string of the molecule is CCSCCOC(=O)C1=C(C)NC(=O)NC1c1ccc(OC)cc1. The lowest BCUT2D eigenvalue weighted by atomic mass is 9.95. The molecule has 1 unspecified atom stereocenters. The number of rotatable bonds is 7. The number of nitrogens with one attached hydrogen (secondary N) is 2. The molecule has 1 heterocycles. The topological polar surface area (TPSA) is 76.7 Å². The van der Waals surface area contributed by atoms with Crippen molar-refractivity contribution in [3.05, 3.63) is 41.1 Å². The van der Waals surface area contributed by atoms with Crippen LogP contribution in [-0.4, -0.2) is 37.2 Å². The fourth-order valence-electron chi connectivity index (χ4n) is 2.43. The van der Waals surface area contributed by atoms with Crippen LogP contribution in [0, 0.1) is 0 Å². The molecule has 2 amide bonds. The first-order valence-corrected chi connectivity index (χ1v) is 8.89. The average molecular weight is 350 g/mol. The number of amides is 2. The van der Waals surface area contributed by atoms with Crippen LogP contribution in [0.1, 0.15) is 25.5 Å². The molecular weight excluding hydrogens is 328 g/mol. The summed E-state index contributed by atoms with van der Waals surface area (Å²) in [5, 5.41) is 5.41. The molecule has 24 heavy (non-hydrogen) atoms. The van der Waals surface area contributed by atoms with Gasteiger partial charge in [0.05, 0.1) is 18.7 Å². The van der Waals surface area contributed by atoms with Crippen molar-refractivity contribution in [1.29, 1.82) is 0 Å². The number of urea groups is 1. The fourth-order valence-corrected chi connectivity index (χ4v) is 2.92. The highest BCUT2D eigenvalue weighted by Gasteiger charge is 2.32. The molecule has 0 spiro atoms. The Morgan fingerprint density at radius 2 is 2.00 bits per heavy atom. The molecule has 0 saturated heterocycles. The number of allylic oxidation sites excluding steroid dienone is 1. The quantitative estimate of drug-likeness (QED) is 0.584. The summed E-state index contributed by atoms with van der Waals surface area (Å²) in [6.07, 6.45) is 0. The van der Waals surface area contributed by atoms with Crippen LogP contribution in [0.15, 0.2) is 35.5 Å². The van der Waals surface area contributed by atoms with Crippen molar-refractivity contribution < 1.29 is 19.1 Å². The summed E-state index contributed by atoms with van der Waals surface area (Å²) in [5.41, 5.74) is 1.72. The van der Waals surface area contributed by atoms with Gasteiger partial charge in [-0.3, -0.25) is 0 Å². The van der Waals surface area contributed by atoms with E-state index in [0.29, 0.717) is 23.6 Å². The Hall–Kier alpha value is -2.15. The Morgan fingerprint density at radius 1 is 1.29 bits per heavy atom. The maximum Gasteiger partial charge on any atom is 0.338 e. The molecular formula is C17H22N2O4S. The molecule has 0 saturated carbocycles. The Labute approximate surface area is 146 Å². The molecule has 1 aliphatic heterocycles. The zero-order valence-electron chi connectivity index (χ0n) is 14.0. The highest BCUT2D eigenvalue weighted by Crippen LogP contribution is 2.28. The largest absolute Gasteiger partial charge is 0.497 e. The predicted molar refractivity (Wildman–Crippen MR) is 94.1 cm³/mol. The van der Waals surface area contributed by atoms with Crippen LogP contribution in [0.4, 0.5) is 4.79 Å². The molecule has 1 aromatic rings. The molecule has 1 atom stereocenters. The Morgan fingerprint density at radius 3 is 2.62 bits per heavy atom. The molecule has 0 radical (unpaired) electrons. The summed E-state index contributed by atoms with van der Waals surface area (Å²) in [4.78, 5) is 24.3. The minimum absolute atomic E-state index is 0.341. The van der Waals surface area contributed by atoms with E-state index in [4.69, 9.17) is 9.47 Å². The zero-order chi connectivity index (χ0) is 17.5. The van der Waals surface area contributed by atoms with Gasteiger partial charge in [-0.1, -0.05) is 19.1 Å². The van der Waals surface area contributed by atoms with E-state index < -0.39 is 12.0 Å². The lowest BCUT2D eigenvalue weighted by Gasteiger charge is -2.28. The van der Waals surface area contributed by atoms with Crippen molar-refractivity contribution in [3.63, 3.8) is 0 Å². The summed E-state index contributed by atoms with van der Waals surface area (Å²) in [6.45, 7) is 4.10. The van der Waals surface area contributed by atoms with Gasteiger partial charge in [0.25, 0.3) is 0 Å². The van der Waals surface area contributed by atoms with E-state index in [-0.39, 0.29) is 6.03 Å². The number of esters is 1. The summed E-state index contributed by atoms with van der Waals surface area (Å²) in [6, 6.07) is 6.34. The third kappa shape index (κ3) is 4.44. The van der Waals surface area contributed by atoms with Crippen molar-refractivity contribution in [3.8, 4) is 5.75 Å². The first-order valence-electron chi connectivity index (χ1n) is 7.74. The highest BCUT2D eigenvalue weighted by atomic mass is 32.2. The summed E-state index contributed by atoms with van der Waals surface area (Å²) >= 11 is 1.71. The van der Waals surface area contributed by atoms with Crippen LogP contribution in [0.25, 0.3) is 0 Å². The summed E-state index contributed by atoms with van der Waals surface area (Å²) < 4.78 is 10.5. The minimum Gasteiger partial charge on any atom is -0.497 e.